The molecule has 0 amide bonds. The van der Waals surface area contributed by atoms with E-state index in [4.69, 9.17) is 5.73 Å². The van der Waals surface area contributed by atoms with Gasteiger partial charge in [-0.05, 0) is 56.5 Å². The molecule has 4 rings (SSSR count). The number of hydrogen-bond donors (Lipinski definition) is 1. The van der Waals surface area contributed by atoms with Crippen LogP contribution in [0.5, 0.6) is 0 Å². The average Bonchev–Trinajstić information content (AvgIpc) is 2.74. The van der Waals surface area contributed by atoms with Crippen molar-refractivity contribution < 1.29 is 0 Å². The molecular weight excluding hydrogens is 242 g/mol. The number of aliphatic imine (C=N–C) groups is 1. The molecule has 0 aromatic rings. The van der Waals surface area contributed by atoms with Gasteiger partial charge in [-0.2, -0.15) is 11.8 Å². The predicted molar refractivity (Wildman–Crippen MR) is 79.1 cm³/mol. The lowest BCUT2D eigenvalue weighted by atomic mass is 9.99. The van der Waals surface area contributed by atoms with Gasteiger partial charge in [-0.25, -0.2) is 0 Å². The SMILES string of the molecule is CN(C)CCSCC(N)=NCC1C2CC3C(C2)C13. The molecule has 0 radical (unpaired) electrons. The summed E-state index contributed by atoms with van der Waals surface area (Å²) in [5.41, 5.74) is 6.00. The Hall–Kier alpha value is -0.220. The Kier molecular flexibility index (Phi) is 3.59. The van der Waals surface area contributed by atoms with Gasteiger partial charge in [0.1, 0.15) is 5.84 Å². The zero-order chi connectivity index (χ0) is 12.7. The van der Waals surface area contributed by atoms with Gasteiger partial charge < -0.3 is 10.6 Å². The number of amidine groups is 1. The molecule has 102 valence electrons. The first kappa shape index (κ1) is 12.8. The molecule has 0 saturated heterocycles. The van der Waals surface area contributed by atoms with Gasteiger partial charge >= 0.3 is 0 Å². The standard InChI is InChI=1S/C14H25N3S/c1-17(2)3-4-18-8-13(15)16-7-12-9-5-10-11(6-9)14(10)12/h9-12,14H,3-8H2,1-2H3,(H2,15,16). The summed E-state index contributed by atoms with van der Waals surface area (Å²) in [5, 5.41) is 0. The monoisotopic (exact) mass is 267 g/mol. The van der Waals surface area contributed by atoms with Gasteiger partial charge in [0.15, 0.2) is 0 Å². The first-order valence-electron chi connectivity index (χ1n) is 7.18. The second-order valence-corrected chi connectivity index (χ2v) is 7.59. The first-order valence-corrected chi connectivity index (χ1v) is 8.33. The van der Waals surface area contributed by atoms with Gasteiger partial charge in [0.2, 0.25) is 0 Å². The van der Waals surface area contributed by atoms with E-state index in [1.165, 1.54) is 12.8 Å². The fourth-order valence-corrected chi connectivity index (χ4v) is 5.13. The number of rotatable bonds is 7. The fourth-order valence-electron chi connectivity index (χ4n) is 4.20. The van der Waals surface area contributed by atoms with Gasteiger partial charge in [-0.1, -0.05) is 0 Å². The maximum absolute atomic E-state index is 6.00. The minimum absolute atomic E-state index is 0.861. The van der Waals surface area contributed by atoms with E-state index < -0.39 is 0 Å². The fraction of sp³-hybridized carbons (Fsp3) is 0.929. The molecule has 2 N–H and O–H groups in total. The van der Waals surface area contributed by atoms with Crippen molar-refractivity contribution >= 4 is 17.6 Å². The van der Waals surface area contributed by atoms with Crippen molar-refractivity contribution in [3.8, 4) is 0 Å². The maximum atomic E-state index is 6.00. The molecule has 0 heterocycles. The molecule has 4 heteroatoms. The second kappa shape index (κ2) is 5.04. The number of thioether (sulfide) groups is 1. The van der Waals surface area contributed by atoms with E-state index in [9.17, 15) is 0 Å². The van der Waals surface area contributed by atoms with Crippen molar-refractivity contribution in [1.82, 2.24) is 4.90 Å². The molecule has 0 spiro atoms. The number of nitrogens with zero attached hydrogens (tertiary/aromatic N) is 2. The molecule has 3 nitrogen and oxygen atoms in total. The van der Waals surface area contributed by atoms with E-state index in [0.717, 1.165) is 60.0 Å². The molecule has 0 aromatic carbocycles. The third-order valence-electron chi connectivity index (χ3n) is 5.09. The van der Waals surface area contributed by atoms with E-state index in [2.05, 4.69) is 24.0 Å². The van der Waals surface area contributed by atoms with Crippen LogP contribution in [-0.2, 0) is 0 Å². The molecule has 0 aliphatic heterocycles. The van der Waals surface area contributed by atoms with Crippen molar-refractivity contribution in [3.63, 3.8) is 0 Å². The van der Waals surface area contributed by atoms with Crippen molar-refractivity contribution in [2.75, 3.05) is 38.7 Å². The van der Waals surface area contributed by atoms with Crippen LogP contribution >= 0.6 is 11.8 Å². The van der Waals surface area contributed by atoms with Crippen LogP contribution in [0, 0.1) is 29.6 Å². The summed E-state index contributed by atoms with van der Waals surface area (Å²) >= 11 is 1.90. The lowest BCUT2D eigenvalue weighted by molar-refractivity contribution is 0.424. The minimum Gasteiger partial charge on any atom is -0.387 e. The molecular formula is C14H25N3S. The molecule has 18 heavy (non-hydrogen) atoms. The summed E-state index contributed by atoms with van der Waals surface area (Å²) in [6, 6.07) is 0. The van der Waals surface area contributed by atoms with E-state index in [-0.39, 0.29) is 0 Å². The Morgan fingerprint density at radius 2 is 2.06 bits per heavy atom. The quantitative estimate of drug-likeness (QED) is 0.432. The summed E-state index contributed by atoms with van der Waals surface area (Å²) in [4.78, 5) is 6.84. The van der Waals surface area contributed by atoms with Crippen molar-refractivity contribution in [2.45, 2.75) is 12.8 Å². The van der Waals surface area contributed by atoms with Crippen molar-refractivity contribution in [2.24, 2.45) is 40.3 Å². The van der Waals surface area contributed by atoms with Gasteiger partial charge in [0.25, 0.3) is 0 Å². The smallest absolute Gasteiger partial charge is 0.104 e. The van der Waals surface area contributed by atoms with Crippen LogP contribution in [0.2, 0.25) is 0 Å². The van der Waals surface area contributed by atoms with Crippen LogP contribution in [-0.4, -0.2) is 49.4 Å². The Morgan fingerprint density at radius 3 is 2.61 bits per heavy atom. The van der Waals surface area contributed by atoms with Crippen LogP contribution in [0.1, 0.15) is 12.8 Å². The lowest BCUT2D eigenvalue weighted by Crippen LogP contribution is -2.20. The molecule has 0 aromatic heterocycles. The van der Waals surface area contributed by atoms with Crippen LogP contribution in [0.15, 0.2) is 4.99 Å². The number of hydrogen-bond acceptors (Lipinski definition) is 3. The highest BCUT2D eigenvalue weighted by molar-refractivity contribution is 7.99. The van der Waals surface area contributed by atoms with E-state index in [1.54, 1.807) is 0 Å². The summed E-state index contributed by atoms with van der Waals surface area (Å²) in [7, 11) is 4.21. The normalized spacial score (nSPS) is 40.8. The Bertz CT molecular complexity index is 328. The summed E-state index contributed by atoms with van der Waals surface area (Å²) < 4.78 is 0. The van der Waals surface area contributed by atoms with Crippen molar-refractivity contribution in [3.05, 3.63) is 0 Å². The van der Waals surface area contributed by atoms with Gasteiger partial charge in [0.05, 0.1) is 5.75 Å². The first-order chi connectivity index (χ1) is 8.66. The van der Waals surface area contributed by atoms with E-state index in [0.29, 0.717) is 0 Å². The molecule has 3 unspecified atom stereocenters. The van der Waals surface area contributed by atoms with Crippen molar-refractivity contribution in [1.29, 1.82) is 0 Å². The highest BCUT2D eigenvalue weighted by Gasteiger charge is 2.67. The van der Waals surface area contributed by atoms with E-state index >= 15 is 0 Å². The zero-order valence-corrected chi connectivity index (χ0v) is 12.3. The third-order valence-corrected chi connectivity index (χ3v) is 6.06. The largest absolute Gasteiger partial charge is 0.387 e. The molecule has 4 aliphatic rings. The van der Waals surface area contributed by atoms with Gasteiger partial charge in [-0.3, -0.25) is 4.99 Å². The van der Waals surface area contributed by atoms with Gasteiger partial charge in [-0.15, -0.1) is 0 Å². The summed E-state index contributed by atoms with van der Waals surface area (Å²) in [5.74, 6) is 8.06. The van der Waals surface area contributed by atoms with Crippen LogP contribution in [0.25, 0.3) is 0 Å². The molecule has 4 saturated carbocycles. The summed E-state index contributed by atoms with van der Waals surface area (Å²) in [6.07, 6.45) is 3.01. The Morgan fingerprint density at radius 1 is 1.33 bits per heavy atom. The highest BCUT2D eigenvalue weighted by Crippen LogP contribution is 2.73. The summed E-state index contributed by atoms with van der Waals surface area (Å²) in [6.45, 7) is 2.14. The lowest BCUT2D eigenvalue weighted by Gasteiger charge is -2.12. The van der Waals surface area contributed by atoms with Gasteiger partial charge in [0, 0.05) is 18.8 Å². The number of nitrogens with two attached hydrogens (primary N) is 1. The Labute approximate surface area is 115 Å². The average molecular weight is 267 g/mol. The predicted octanol–water partition coefficient (Wildman–Crippen LogP) is 1.54. The highest BCUT2D eigenvalue weighted by atomic mass is 32.2. The van der Waals surface area contributed by atoms with Crippen LogP contribution in [0.4, 0.5) is 0 Å². The zero-order valence-electron chi connectivity index (χ0n) is 11.5. The molecule has 4 fully saturated rings. The third kappa shape index (κ3) is 2.42. The Balaban J connectivity index is 1.35. The minimum atomic E-state index is 0.861. The van der Waals surface area contributed by atoms with E-state index in [1.807, 2.05) is 11.8 Å². The molecule has 4 bridgehead atoms. The maximum Gasteiger partial charge on any atom is 0.104 e. The molecule has 3 atom stereocenters. The van der Waals surface area contributed by atoms with Crippen LogP contribution in [0.3, 0.4) is 0 Å². The topological polar surface area (TPSA) is 41.6 Å². The second-order valence-electron chi connectivity index (χ2n) is 6.49. The van der Waals surface area contributed by atoms with Crippen LogP contribution < -0.4 is 5.73 Å². The molecule has 4 aliphatic carbocycles.